The van der Waals surface area contributed by atoms with Crippen molar-refractivity contribution >= 4 is 11.9 Å². The van der Waals surface area contributed by atoms with E-state index in [1.165, 1.54) is 0 Å². The first-order valence-electron chi connectivity index (χ1n) is 7.92. The van der Waals surface area contributed by atoms with Crippen molar-refractivity contribution in [3.05, 3.63) is 0 Å². The molecule has 5 nitrogen and oxygen atoms in total. The normalized spacial score (nSPS) is 13.3. The molecule has 0 aliphatic rings. The highest BCUT2D eigenvalue weighted by molar-refractivity contribution is 5.97. The van der Waals surface area contributed by atoms with Crippen molar-refractivity contribution in [2.24, 2.45) is 11.3 Å². The highest BCUT2D eigenvalue weighted by Gasteiger charge is 2.39. The Bertz CT molecular complexity index is 333. The van der Waals surface area contributed by atoms with Crippen molar-refractivity contribution in [2.45, 2.75) is 48.0 Å². The third-order valence-corrected chi connectivity index (χ3v) is 3.85. The number of nitrogens with zero attached hydrogens (tertiary/aromatic N) is 2. The van der Waals surface area contributed by atoms with Crippen LogP contribution in [0.1, 0.15) is 48.0 Å². The highest BCUT2D eigenvalue weighted by Crippen LogP contribution is 2.28. The van der Waals surface area contributed by atoms with Crippen LogP contribution in [-0.4, -0.2) is 59.5 Å². The summed E-state index contributed by atoms with van der Waals surface area (Å²) in [5.41, 5.74) is -0.574. The van der Waals surface area contributed by atoms with E-state index < -0.39 is 17.3 Å². The second-order valence-electron chi connectivity index (χ2n) is 6.44. The molecule has 0 aromatic rings. The number of rotatable bonds is 9. The average molecular weight is 300 g/mol. The summed E-state index contributed by atoms with van der Waals surface area (Å²) in [4.78, 5) is 27.9. The van der Waals surface area contributed by atoms with E-state index in [1.807, 2.05) is 6.92 Å². The summed E-state index contributed by atoms with van der Waals surface area (Å²) in [5, 5.41) is 9.36. The minimum absolute atomic E-state index is 0.267. The molecular formula is C16H32N2O3. The van der Waals surface area contributed by atoms with Crippen LogP contribution < -0.4 is 0 Å². The molecule has 1 N–H and O–H groups in total. The van der Waals surface area contributed by atoms with Crippen LogP contribution in [0.3, 0.4) is 0 Å². The number of carbonyl (C=O) groups is 2. The second kappa shape index (κ2) is 9.03. The van der Waals surface area contributed by atoms with Crippen LogP contribution in [0.25, 0.3) is 0 Å². The van der Waals surface area contributed by atoms with E-state index in [0.29, 0.717) is 13.1 Å². The van der Waals surface area contributed by atoms with E-state index in [1.54, 1.807) is 25.7 Å². The maximum absolute atomic E-state index is 12.5. The van der Waals surface area contributed by atoms with Gasteiger partial charge in [-0.05, 0) is 38.4 Å². The number of carboxylic acids is 1. The summed E-state index contributed by atoms with van der Waals surface area (Å²) in [6, 6.07) is 0. The summed E-state index contributed by atoms with van der Waals surface area (Å²) in [6.07, 6.45) is 0.873. The monoisotopic (exact) mass is 300 g/mol. The SMILES string of the molecule is CCN(CC)CCCN(CC)C(=O)C(C(=O)O)C(C)(C)C. The molecule has 0 aromatic carbocycles. The summed E-state index contributed by atoms with van der Waals surface area (Å²) >= 11 is 0. The highest BCUT2D eigenvalue weighted by atomic mass is 16.4. The van der Waals surface area contributed by atoms with Crippen LogP contribution in [-0.2, 0) is 9.59 Å². The largest absolute Gasteiger partial charge is 0.481 e. The predicted octanol–water partition coefficient (Wildman–Crippen LogP) is 2.31. The molecule has 0 bridgehead atoms. The Morgan fingerprint density at radius 3 is 1.86 bits per heavy atom. The van der Waals surface area contributed by atoms with Gasteiger partial charge in [0.15, 0.2) is 0 Å². The molecular weight excluding hydrogens is 268 g/mol. The van der Waals surface area contributed by atoms with Gasteiger partial charge in [-0.25, -0.2) is 0 Å². The van der Waals surface area contributed by atoms with E-state index in [-0.39, 0.29) is 5.91 Å². The van der Waals surface area contributed by atoms with Crippen LogP contribution in [0.4, 0.5) is 0 Å². The van der Waals surface area contributed by atoms with Crippen LogP contribution in [0.5, 0.6) is 0 Å². The smallest absolute Gasteiger partial charge is 0.316 e. The summed E-state index contributed by atoms with van der Waals surface area (Å²) in [7, 11) is 0. The third-order valence-electron chi connectivity index (χ3n) is 3.85. The fourth-order valence-electron chi connectivity index (χ4n) is 2.48. The molecule has 0 heterocycles. The lowest BCUT2D eigenvalue weighted by atomic mass is 9.80. The van der Waals surface area contributed by atoms with Gasteiger partial charge >= 0.3 is 5.97 Å². The lowest BCUT2D eigenvalue weighted by Gasteiger charge is -2.31. The predicted molar refractivity (Wildman–Crippen MR) is 85.2 cm³/mol. The van der Waals surface area contributed by atoms with E-state index in [4.69, 9.17) is 0 Å². The van der Waals surface area contributed by atoms with E-state index in [2.05, 4.69) is 18.7 Å². The van der Waals surface area contributed by atoms with Gasteiger partial charge in [0.05, 0.1) is 0 Å². The first-order valence-corrected chi connectivity index (χ1v) is 7.92. The zero-order valence-corrected chi connectivity index (χ0v) is 14.5. The Morgan fingerprint density at radius 2 is 1.52 bits per heavy atom. The molecule has 0 aliphatic heterocycles. The van der Waals surface area contributed by atoms with Crippen molar-refractivity contribution < 1.29 is 14.7 Å². The number of carbonyl (C=O) groups excluding carboxylic acids is 1. The average Bonchev–Trinajstić information content (AvgIpc) is 2.36. The first-order chi connectivity index (χ1) is 9.68. The molecule has 0 radical (unpaired) electrons. The Hall–Kier alpha value is -1.10. The molecule has 21 heavy (non-hydrogen) atoms. The van der Waals surface area contributed by atoms with Gasteiger partial charge in [-0.3, -0.25) is 9.59 Å². The number of aliphatic carboxylic acids is 1. The lowest BCUT2D eigenvalue weighted by Crippen LogP contribution is -2.46. The van der Waals surface area contributed by atoms with Gasteiger partial charge in [-0.2, -0.15) is 0 Å². The minimum Gasteiger partial charge on any atom is -0.481 e. The molecule has 0 saturated carbocycles. The maximum Gasteiger partial charge on any atom is 0.316 e. The molecule has 124 valence electrons. The molecule has 1 atom stereocenters. The van der Waals surface area contributed by atoms with Crippen molar-refractivity contribution in [3.8, 4) is 0 Å². The second-order valence-corrected chi connectivity index (χ2v) is 6.44. The molecule has 0 aromatic heterocycles. The zero-order valence-electron chi connectivity index (χ0n) is 14.5. The van der Waals surface area contributed by atoms with Crippen molar-refractivity contribution in [2.75, 3.05) is 32.7 Å². The Morgan fingerprint density at radius 1 is 1.00 bits per heavy atom. The quantitative estimate of drug-likeness (QED) is 0.664. The summed E-state index contributed by atoms with van der Waals surface area (Å²) < 4.78 is 0. The van der Waals surface area contributed by atoms with Crippen molar-refractivity contribution in [3.63, 3.8) is 0 Å². The fourth-order valence-corrected chi connectivity index (χ4v) is 2.48. The lowest BCUT2D eigenvalue weighted by molar-refractivity contribution is -0.156. The molecule has 0 saturated heterocycles. The number of hydrogen-bond donors (Lipinski definition) is 1. The standard InChI is InChI=1S/C16H32N2O3/c1-7-17(8-2)11-10-12-18(9-3)14(19)13(15(20)21)16(4,5)6/h13H,7-12H2,1-6H3,(H,20,21). The minimum atomic E-state index is -1.03. The van der Waals surface area contributed by atoms with Crippen LogP contribution in [0.2, 0.25) is 0 Å². The van der Waals surface area contributed by atoms with Gasteiger partial charge in [0.25, 0.3) is 0 Å². The number of carboxylic acid groups (broad SMARTS) is 1. The zero-order chi connectivity index (χ0) is 16.6. The molecule has 1 unspecified atom stereocenters. The Kier molecular flexibility index (Phi) is 8.55. The van der Waals surface area contributed by atoms with E-state index in [0.717, 1.165) is 26.1 Å². The van der Waals surface area contributed by atoms with Crippen LogP contribution in [0.15, 0.2) is 0 Å². The topological polar surface area (TPSA) is 60.9 Å². The molecule has 0 rings (SSSR count). The maximum atomic E-state index is 12.5. The third kappa shape index (κ3) is 6.46. The Balaban J connectivity index is 4.70. The molecule has 0 aliphatic carbocycles. The molecule has 1 amide bonds. The van der Waals surface area contributed by atoms with Gasteiger partial charge in [0.2, 0.25) is 5.91 Å². The van der Waals surface area contributed by atoms with Gasteiger partial charge in [-0.15, -0.1) is 0 Å². The van der Waals surface area contributed by atoms with Gasteiger partial charge in [-0.1, -0.05) is 34.6 Å². The Labute approximate surface area is 129 Å². The fraction of sp³-hybridized carbons (Fsp3) is 0.875. The van der Waals surface area contributed by atoms with E-state index in [9.17, 15) is 14.7 Å². The van der Waals surface area contributed by atoms with Gasteiger partial charge in [0.1, 0.15) is 5.92 Å². The van der Waals surface area contributed by atoms with Crippen LogP contribution in [0, 0.1) is 11.3 Å². The molecule has 0 fully saturated rings. The van der Waals surface area contributed by atoms with Crippen molar-refractivity contribution in [1.29, 1.82) is 0 Å². The van der Waals surface area contributed by atoms with Gasteiger partial charge < -0.3 is 14.9 Å². The molecule has 0 spiro atoms. The van der Waals surface area contributed by atoms with Gasteiger partial charge in [0, 0.05) is 13.1 Å². The van der Waals surface area contributed by atoms with Crippen molar-refractivity contribution in [1.82, 2.24) is 9.80 Å². The number of amides is 1. The molecule has 5 heteroatoms. The van der Waals surface area contributed by atoms with E-state index >= 15 is 0 Å². The first kappa shape index (κ1) is 19.9. The summed E-state index contributed by atoms with van der Waals surface area (Å²) in [6.45, 7) is 15.6. The summed E-state index contributed by atoms with van der Waals surface area (Å²) in [5.74, 6) is -2.28. The van der Waals surface area contributed by atoms with Crippen LogP contribution >= 0.6 is 0 Å². The number of hydrogen-bond acceptors (Lipinski definition) is 3.